The fourth-order valence-electron chi connectivity index (χ4n) is 1.88. The molecule has 5 heteroatoms. The van der Waals surface area contributed by atoms with Gasteiger partial charge in [0.15, 0.2) is 0 Å². The Morgan fingerprint density at radius 1 is 1.35 bits per heavy atom. The van der Waals surface area contributed by atoms with Gasteiger partial charge in [-0.2, -0.15) is 0 Å². The smallest absolute Gasteiger partial charge is 0.251 e. The third-order valence-electron chi connectivity index (χ3n) is 2.77. The van der Waals surface area contributed by atoms with Crippen LogP contribution in [0.15, 0.2) is 35.1 Å². The molecule has 0 bridgehead atoms. The summed E-state index contributed by atoms with van der Waals surface area (Å²) in [7, 11) is 0. The summed E-state index contributed by atoms with van der Waals surface area (Å²) in [5.41, 5.74) is 1.18. The molecule has 0 saturated heterocycles. The standard InChI is InChI=1S/C15H19N3O2/c1-10(2)8-16-9-12-7-14(20)18-15(17-12)11-4-3-5-13(19)6-11/h3-7,10,16,19H,8-9H2,1-2H3,(H,17,18,20). The van der Waals surface area contributed by atoms with E-state index >= 15 is 0 Å². The lowest BCUT2D eigenvalue weighted by Crippen LogP contribution is -2.21. The molecule has 0 aliphatic carbocycles. The molecule has 5 nitrogen and oxygen atoms in total. The zero-order chi connectivity index (χ0) is 14.5. The van der Waals surface area contributed by atoms with Crippen LogP contribution in [0.3, 0.4) is 0 Å². The van der Waals surface area contributed by atoms with Crippen molar-refractivity contribution in [2.45, 2.75) is 20.4 Å². The van der Waals surface area contributed by atoms with Gasteiger partial charge in [-0.05, 0) is 24.6 Å². The van der Waals surface area contributed by atoms with Crippen molar-refractivity contribution in [3.63, 3.8) is 0 Å². The van der Waals surface area contributed by atoms with Crippen LogP contribution in [-0.2, 0) is 6.54 Å². The summed E-state index contributed by atoms with van der Waals surface area (Å²) in [4.78, 5) is 18.8. The van der Waals surface area contributed by atoms with Gasteiger partial charge in [0.25, 0.3) is 5.56 Å². The molecule has 0 amide bonds. The number of benzene rings is 1. The number of rotatable bonds is 5. The number of nitrogens with one attached hydrogen (secondary N) is 2. The number of hydrogen-bond donors (Lipinski definition) is 3. The second-order valence-electron chi connectivity index (χ2n) is 5.16. The minimum Gasteiger partial charge on any atom is -0.508 e. The maximum Gasteiger partial charge on any atom is 0.251 e. The summed E-state index contributed by atoms with van der Waals surface area (Å²) in [6, 6.07) is 8.15. The molecule has 2 aromatic rings. The molecule has 0 saturated carbocycles. The van der Waals surface area contributed by atoms with Crippen LogP contribution in [0.2, 0.25) is 0 Å². The number of nitrogens with zero attached hydrogens (tertiary/aromatic N) is 1. The van der Waals surface area contributed by atoms with Crippen LogP contribution in [0.25, 0.3) is 11.4 Å². The molecule has 0 atom stereocenters. The molecule has 1 aromatic carbocycles. The van der Waals surface area contributed by atoms with Crippen molar-refractivity contribution >= 4 is 0 Å². The summed E-state index contributed by atoms with van der Waals surface area (Å²) in [5.74, 6) is 1.16. The van der Waals surface area contributed by atoms with Crippen LogP contribution in [0.5, 0.6) is 5.75 Å². The zero-order valence-corrected chi connectivity index (χ0v) is 11.7. The summed E-state index contributed by atoms with van der Waals surface area (Å²) in [5, 5.41) is 12.7. The van der Waals surface area contributed by atoms with E-state index < -0.39 is 0 Å². The number of phenolic OH excluding ortho intramolecular Hbond substituents is 1. The van der Waals surface area contributed by atoms with E-state index in [9.17, 15) is 9.90 Å². The van der Waals surface area contributed by atoms with Crippen molar-refractivity contribution in [2.75, 3.05) is 6.54 Å². The molecule has 0 spiro atoms. The Morgan fingerprint density at radius 2 is 2.15 bits per heavy atom. The van der Waals surface area contributed by atoms with Crippen molar-refractivity contribution in [3.05, 3.63) is 46.4 Å². The summed E-state index contributed by atoms with van der Waals surface area (Å²) in [6.45, 7) is 5.66. The Morgan fingerprint density at radius 3 is 2.85 bits per heavy atom. The van der Waals surface area contributed by atoms with E-state index in [1.807, 2.05) is 0 Å². The van der Waals surface area contributed by atoms with E-state index in [-0.39, 0.29) is 11.3 Å². The Hall–Kier alpha value is -2.14. The Bertz CT molecular complexity index is 635. The number of aromatic hydroxyl groups is 1. The average molecular weight is 273 g/mol. The minimum absolute atomic E-state index is 0.147. The van der Waals surface area contributed by atoms with Gasteiger partial charge in [-0.3, -0.25) is 4.79 Å². The van der Waals surface area contributed by atoms with E-state index in [0.29, 0.717) is 29.5 Å². The first-order valence-electron chi connectivity index (χ1n) is 6.65. The van der Waals surface area contributed by atoms with Gasteiger partial charge in [-0.15, -0.1) is 0 Å². The van der Waals surface area contributed by atoms with Gasteiger partial charge in [0.2, 0.25) is 0 Å². The van der Waals surface area contributed by atoms with Crippen molar-refractivity contribution in [2.24, 2.45) is 5.92 Å². The molecule has 1 heterocycles. The van der Waals surface area contributed by atoms with Crippen LogP contribution in [0.1, 0.15) is 19.5 Å². The highest BCUT2D eigenvalue weighted by atomic mass is 16.3. The van der Waals surface area contributed by atoms with Gasteiger partial charge in [-0.25, -0.2) is 4.98 Å². The first kappa shape index (κ1) is 14.3. The fourth-order valence-corrected chi connectivity index (χ4v) is 1.88. The zero-order valence-electron chi connectivity index (χ0n) is 11.7. The molecule has 20 heavy (non-hydrogen) atoms. The van der Waals surface area contributed by atoms with Gasteiger partial charge in [0.05, 0.1) is 5.69 Å². The predicted octanol–water partition coefficient (Wildman–Crippen LogP) is 1.89. The van der Waals surface area contributed by atoms with Crippen molar-refractivity contribution in [1.29, 1.82) is 0 Å². The maximum absolute atomic E-state index is 11.7. The monoisotopic (exact) mass is 273 g/mol. The van der Waals surface area contributed by atoms with Crippen LogP contribution in [0, 0.1) is 5.92 Å². The van der Waals surface area contributed by atoms with E-state index in [2.05, 4.69) is 29.1 Å². The van der Waals surface area contributed by atoms with E-state index in [0.717, 1.165) is 6.54 Å². The number of aromatic amines is 1. The van der Waals surface area contributed by atoms with Crippen LogP contribution in [-0.4, -0.2) is 21.6 Å². The van der Waals surface area contributed by atoms with E-state index in [1.54, 1.807) is 24.3 Å². The highest BCUT2D eigenvalue weighted by Gasteiger charge is 2.05. The normalized spacial score (nSPS) is 10.9. The number of phenols is 1. The van der Waals surface area contributed by atoms with Crippen molar-refractivity contribution in [1.82, 2.24) is 15.3 Å². The first-order valence-corrected chi connectivity index (χ1v) is 6.65. The second-order valence-corrected chi connectivity index (χ2v) is 5.16. The first-order chi connectivity index (χ1) is 9.54. The quantitative estimate of drug-likeness (QED) is 0.777. The molecule has 1 aromatic heterocycles. The number of aromatic nitrogens is 2. The lowest BCUT2D eigenvalue weighted by Gasteiger charge is -2.08. The van der Waals surface area contributed by atoms with E-state index in [4.69, 9.17) is 0 Å². The molecule has 0 aliphatic heterocycles. The van der Waals surface area contributed by atoms with Gasteiger partial charge >= 0.3 is 0 Å². The molecule has 3 N–H and O–H groups in total. The molecule has 0 radical (unpaired) electrons. The Balaban J connectivity index is 2.22. The molecule has 0 unspecified atom stereocenters. The maximum atomic E-state index is 11.7. The highest BCUT2D eigenvalue weighted by Crippen LogP contribution is 2.18. The Kier molecular flexibility index (Phi) is 4.53. The topological polar surface area (TPSA) is 78.0 Å². The van der Waals surface area contributed by atoms with E-state index in [1.165, 1.54) is 6.07 Å². The second kappa shape index (κ2) is 6.34. The average Bonchev–Trinajstić information content (AvgIpc) is 2.37. The summed E-state index contributed by atoms with van der Waals surface area (Å²) >= 11 is 0. The summed E-state index contributed by atoms with van der Waals surface area (Å²) < 4.78 is 0. The molecular weight excluding hydrogens is 254 g/mol. The van der Waals surface area contributed by atoms with Crippen LogP contribution in [0.4, 0.5) is 0 Å². The Labute approximate surface area is 117 Å². The van der Waals surface area contributed by atoms with Gasteiger partial charge in [0.1, 0.15) is 11.6 Å². The molecular formula is C15H19N3O2. The lowest BCUT2D eigenvalue weighted by molar-refractivity contribution is 0.475. The number of hydrogen-bond acceptors (Lipinski definition) is 4. The molecule has 2 rings (SSSR count). The van der Waals surface area contributed by atoms with Crippen molar-refractivity contribution in [3.8, 4) is 17.1 Å². The third-order valence-corrected chi connectivity index (χ3v) is 2.77. The van der Waals surface area contributed by atoms with Crippen molar-refractivity contribution < 1.29 is 5.11 Å². The minimum atomic E-state index is -0.195. The molecule has 106 valence electrons. The largest absolute Gasteiger partial charge is 0.508 e. The van der Waals surface area contributed by atoms with Gasteiger partial charge in [-0.1, -0.05) is 26.0 Å². The number of H-pyrrole nitrogens is 1. The lowest BCUT2D eigenvalue weighted by atomic mass is 10.2. The third kappa shape index (κ3) is 3.93. The molecule has 0 aliphatic rings. The SMILES string of the molecule is CC(C)CNCc1cc(=O)[nH]c(-c2cccc(O)c2)n1. The predicted molar refractivity (Wildman–Crippen MR) is 78.5 cm³/mol. The highest BCUT2D eigenvalue weighted by molar-refractivity contribution is 5.57. The van der Waals surface area contributed by atoms with Gasteiger partial charge < -0.3 is 15.4 Å². The van der Waals surface area contributed by atoms with Crippen LogP contribution < -0.4 is 10.9 Å². The summed E-state index contributed by atoms with van der Waals surface area (Å²) in [6.07, 6.45) is 0. The van der Waals surface area contributed by atoms with Crippen LogP contribution >= 0.6 is 0 Å². The van der Waals surface area contributed by atoms with Gasteiger partial charge in [0, 0.05) is 18.2 Å². The fraction of sp³-hybridized carbons (Fsp3) is 0.333. The molecule has 0 fully saturated rings.